The van der Waals surface area contributed by atoms with Crippen molar-refractivity contribution in [3.8, 4) is 11.1 Å². The van der Waals surface area contributed by atoms with Gasteiger partial charge < -0.3 is 0 Å². The van der Waals surface area contributed by atoms with Crippen LogP contribution in [0.4, 0.5) is 0 Å². The molecule has 0 amide bonds. The van der Waals surface area contributed by atoms with Crippen molar-refractivity contribution < 1.29 is 0 Å². The van der Waals surface area contributed by atoms with Crippen molar-refractivity contribution in [2.75, 3.05) is 0 Å². The molecule has 2 aromatic carbocycles. The third-order valence-corrected chi connectivity index (χ3v) is 3.13. The molecular weight excluding hydrogens is 204 g/mol. The highest BCUT2D eigenvalue weighted by atomic mass is 14.0. The molecule has 0 saturated heterocycles. The Bertz CT molecular complexity index is 353. The van der Waals surface area contributed by atoms with E-state index in [0.29, 0.717) is 0 Å². The summed E-state index contributed by atoms with van der Waals surface area (Å²) in [7, 11) is 0. The summed E-state index contributed by atoms with van der Waals surface area (Å²) in [4.78, 5) is 0. The van der Waals surface area contributed by atoms with E-state index in [2.05, 4.69) is 48.5 Å². The molecule has 0 heteroatoms. The zero-order valence-corrected chi connectivity index (χ0v) is 10.3. The quantitative estimate of drug-likeness (QED) is 0.616. The van der Waals surface area contributed by atoms with Crippen LogP contribution in [0.25, 0.3) is 11.1 Å². The highest BCUT2D eigenvalue weighted by molar-refractivity contribution is 5.62. The summed E-state index contributed by atoms with van der Waals surface area (Å²) in [5.74, 6) is 0. The van der Waals surface area contributed by atoms with Gasteiger partial charge in [0, 0.05) is 0 Å². The van der Waals surface area contributed by atoms with Crippen LogP contribution in [0.1, 0.15) is 32.1 Å². The predicted molar refractivity (Wildman–Crippen MR) is 75.0 cm³/mol. The monoisotopic (exact) mass is 224 g/mol. The maximum atomic E-state index is 2.12. The second kappa shape index (κ2) is 6.90. The number of benzene rings is 2. The van der Waals surface area contributed by atoms with E-state index in [1.807, 2.05) is 12.1 Å². The Morgan fingerprint density at radius 3 is 1.00 bits per heavy atom. The summed E-state index contributed by atoms with van der Waals surface area (Å²) in [6.07, 6.45) is 7.50. The van der Waals surface area contributed by atoms with E-state index < -0.39 is 0 Å². The Labute approximate surface area is 104 Å². The molecule has 0 heterocycles. The Morgan fingerprint density at radius 1 is 0.412 bits per heavy atom. The van der Waals surface area contributed by atoms with Gasteiger partial charge in [-0.15, -0.1) is 0 Å². The Hall–Kier alpha value is -1.56. The van der Waals surface area contributed by atoms with E-state index in [-0.39, 0.29) is 0 Å². The highest BCUT2D eigenvalue weighted by Gasteiger charge is 1.95. The fraction of sp³-hybridized carbons (Fsp3) is 0.294. The molecule has 88 valence electrons. The molecule has 0 unspecified atom stereocenters. The third kappa shape index (κ3) is 4.07. The average molecular weight is 224 g/mol. The molecule has 1 aliphatic carbocycles. The molecule has 1 fully saturated rings. The SMILES string of the molecule is C1CCCC1.c1ccc(-c2ccccc2)cc1. The molecule has 0 atom stereocenters. The summed E-state index contributed by atoms with van der Waals surface area (Å²) >= 11 is 0. The molecule has 2 aromatic rings. The molecule has 0 bridgehead atoms. The maximum absolute atomic E-state index is 2.12. The maximum Gasteiger partial charge on any atom is -0.0184 e. The van der Waals surface area contributed by atoms with Gasteiger partial charge in [-0.05, 0) is 11.1 Å². The summed E-state index contributed by atoms with van der Waals surface area (Å²) in [6.45, 7) is 0. The fourth-order valence-electron chi connectivity index (χ4n) is 2.15. The van der Waals surface area contributed by atoms with Gasteiger partial charge in [0.15, 0.2) is 0 Å². The topological polar surface area (TPSA) is 0 Å². The predicted octanol–water partition coefficient (Wildman–Crippen LogP) is 5.30. The van der Waals surface area contributed by atoms with Crippen LogP contribution in [0.15, 0.2) is 60.7 Å². The van der Waals surface area contributed by atoms with Crippen molar-refractivity contribution in [3.63, 3.8) is 0 Å². The first-order valence-corrected chi connectivity index (χ1v) is 6.57. The van der Waals surface area contributed by atoms with Gasteiger partial charge in [0.1, 0.15) is 0 Å². The Kier molecular flexibility index (Phi) is 4.84. The lowest BCUT2D eigenvalue weighted by Gasteiger charge is -1.98. The summed E-state index contributed by atoms with van der Waals surface area (Å²) in [5.41, 5.74) is 2.55. The van der Waals surface area contributed by atoms with E-state index >= 15 is 0 Å². The lowest BCUT2D eigenvalue weighted by molar-refractivity contribution is 0.886. The molecule has 17 heavy (non-hydrogen) atoms. The second-order valence-corrected chi connectivity index (χ2v) is 4.50. The van der Waals surface area contributed by atoms with Crippen LogP contribution in [-0.4, -0.2) is 0 Å². The molecule has 3 rings (SSSR count). The molecule has 1 saturated carbocycles. The van der Waals surface area contributed by atoms with Crippen molar-refractivity contribution in [3.05, 3.63) is 60.7 Å². The minimum atomic E-state index is 1.28. The van der Waals surface area contributed by atoms with Gasteiger partial charge in [0.2, 0.25) is 0 Å². The highest BCUT2D eigenvalue weighted by Crippen LogP contribution is 2.17. The Morgan fingerprint density at radius 2 is 0.706 bits per heavy atom. The van der Waals surface area contributed by atoms with Crippen LogP contribution in [-0.2, 0) is 0 Å². The second-order valence-electron chi connectivity index (χ2n) is 4.50. The third-order valence-electron chi connectivity index (χ3n) is 3.13. The van der Waals surface area contributed by atoms with Crippen molar-refractivity contribution in [2.45, 2.75) is 32.1 Å². The first kappa shape index (κ1) is 11.9. The number of hydrogen-bond acceptors (Lipinski definition) is 0. The number of hydrogen-bond donors (Lipinski definition) is 0. The molecule has 1 aliphatic rings. The van der Waals surface area contributed by atoms with Gasteiger partial charge in [0.25, 0.3) is 0 Å². The lowest BCUT2D eigenvalue weighted by atomic mass is 10.1. The van der Waals surface area contributed by atoms with Crippen molar-refractivity contribution in [2.24, 2.45) is 0 Å². The molecular formula is C17H20. The van der Waals surface area contributed by atoms with Crippen molar-refractivity contribution in [1.82, 2.24) is 0 Å². The van der Waals surface area contributed by atoms with Gasteiger partial charge in [0.05, 0.1) is 0 Å². The standard InChI is InChI=1S/C12H10.C5H10/c1-3-7-11(8-4-1)12-9-5-2-6-10-12;1-2-4-5-3-1/h1-10H;1-5H2. The molecule has 0 aliphatic heterocycles. The molecule has 0 radical (unpaired) electrons. The van der Waals surface area contributed by atoms with E-state index in [1.54, 1.807) is 0 Å². The Balaban J connectivity index is 0.000000181. The van der Waals surface area contributed by atoms with Crippen LogP contribution >= 0.6 is 0 Å². The number of rotatable bonds is 1. The first-order valence-electron chi connectivity index (χ1n) is 6.57. The van der Waals surface area contributed by atoms with Gasteiger partial charge in [-0.2, -0.15) is 0 Å². The smallest absolute Gasteiger partial charge is 0.0184 e. The summed E-state index contributed by atoms with van der Waals surface area (Å²) in [5, 5.41) is 0. The van der Waals surface area contributed by atoms with Crippen molar-refractivity contribution in [1.29, 1.82) is 0 Å². The molecule has 0 spiro atoms. The molecule has 0 N–H and O–H groups in total. The first-order chi connectivity index (χ1) is 8.47. The van der Waals surface area contributed by atoms with Crippen LogP contribution in [0, 0.1) is 0 Å². The van der Waals surface area contributed by atoms with Gasteiger partial charge >= 0.3 is 0 Å². The molecule has 0 nitrogen and oxygen atoms in total. The summed E-state index contributed by atoms with van der Waals surface area (Å²) < 4.78 is 0. The lowest BCUT2D eigenvalue weighted by Crippen LogP contribution is -1.73. The largest absolute Gasteiger partial charge is 0.0622 e. The minimum absolute atomic E-state index is 1.28. The molecule has 0 aromatic heterocycles. The summed E-state index contributed by atoms with van der Waals surface area (Å²) in [6, 6.07) is 20.8. The van der Waals surface area contributed by atoms with Crippen LogP contribution in [0.5, 0.6) is 0 Å². The van der Waals surface area contributed by atoms with Gasteiger partial charge in [-0.1, -0.05) is 92.8 Å². The van der Waals surface area contributed by atoms with Crippen molar-refractivity contribution >= 4 is 0 Å². The van der Waals surface area contributed by atoms with E-state index in [4.69, 9.17) is 0 Å². The van der Waals surface area contributed by atoms with Crippen LogP contribution in [0.3, 0.4) is 0 Å². The zero-order chi connectivity index (χ0) is 11.8. The van der Waals surface area contributed by atoms with Gasteiger partial charge in [-0.25, -0.2) is 0 Å². The zero-order valence-electron chi connectivity index (χ0n) is 10.3. The average Bonchev–Trinajstić information content (AvgIpc) is 3.00. The van der Waals surface area contributed by atoms with E-state index in [1.165, 1.54) is 43.2 Å². The van der Waals surface area contributed by atoms with E-state index in [0.717, 1.165) is 0 Å². The van der Waals surface area contributed by atoms with E-state index in [9.17, 15) is 0 Å². The fourth-order valence-corrected chi connectivity index (χ4v) is 2.15. The van der Waals surface area contributed by atoms with Crippen LogP contribution < -0.4 is 0 Å². The van der Waals surface area contributed by atoms with Gasteiger partial charge in [-0.3, -0.25) is 0 Å². The normalized spacial score (nSPS) is 13.9. The minimum Gasteiger partial charge on any atom is -0.0622 e. The van der Waals surface area contributed by atoms with Crippen LogP contribution in [0.2, 0.25) is 0 Å².